The molecule has 10 aromatic rings. The molecule has 0 aromatic heterocycles. The Morgan fingerprint density at radius 1 is 0.348 bits per heavy atom. The van der Waals surface area contributed by atoms with Gasteiger partial charge in [-0.2, -0.15) is 31.6 Å². The fourth-order valence-electron chi connectivity index (χ4n) is 17.1. The normalized spacial score (nSPS) is 14.5. The van der Waals surface area contributed by atoms with Crippen LogP contribution in [0.25, 0.3) is 0 Å². The van der Waals surface area contributed by atoms with E-state index in [1.54, 1.807) is 62.4 Å². The van der Waals surface area contributed by atoms with Crippen molar-refractivity contribution in [3.63, 3.8) is 0 Å². The molecule has 141 heavy (non-hydrogen) atoms. The minimum Gasteiger partial charge on any atom is -0.508 e. The van der Waals surface area contributed by atoms with E-state index in [9.17, 15) is 66.4 Å². The van der Waals surface area contributed by atoms with Crippen LogP contribution in [0.2, 0.25) is 0 Å². The number of aliphatic hydroxyl groups excluding tert-OH is 1. The molecule has 0 aliphatic rings. The lowest BCUT2D eigenvalue weighted by atomic mass is 9.78. The monoisotopic (exact) mass is 1910 g/mol. The molecule has 0 spiro atoms. The van der Waals surface area contributed by atoms with Gasteiger partial charge in [0.25, 0.3) is 0 Å². The van der Waals surface area contributed by atoms with Crippen molar-refractivity contribution in [3.8, 4) is 76.7 Å². The number of esters is 3. The Morgan fingerprint density at radius 2 is 0.631 bits per heavy atom. The van der Waals surface area contributed by atoms with Gasteiger partial charge in [0.1, 0.15) is 46.9 Å². The second kappa shape index (κ2) is 61.5. The van der Waals surface area contributed by atoms with Gasteiger partial charge in [0.2, 0.25) is 0 Å². The highest BCUT2D eigenvalue weighted by molar-refractivity contribution is 5.76. The van der Waals surface area contributed by atoms with Crippen LogP contribution in [0.15, 0.2) is 249 Å². The van der Waals surface area contributed by atoms with Gasteiger partial charge >= 0.3 is 17.9 Å². The van der Waals surface area contributed by atoms with E-state index in [-0.39, 0.29) is 121 Å². The lowest BCUT2D eigenvalue weighted by Crippen LogP contribution is -2.28. The van der Waals surface area contributed by atoms with Gasteiger partial charge in [0, 0.05) is 6.61 Å². The van der Waals surface area contributed by atoms with Crippen molar-refractivity contribution < 1.29 is 73.1 Å². The number of phenolic OH excluding ortho intramolecular Hbond substituents is 4. The Balaban J connectivity index is 0.000000272. The summed E-state index contributed by atoms with van der Waals surface area (Å²) in [4.78, 5) is 34.4. The second-order valence-electron chi connectivity index (χ2n) is 37.7. The molecule has 0 aliphatic heterocycles. The molecule has 21 heteroatoms. The van der Waals surface area contributed by atoms with Crippen LogP contribution >= 0.6 is 0 Å². The van der Waals surface area contributed by atoms with Gasteiger partial charge in [-0.1, -0.05) is 216 Å². The number of ether oxygens (including phenoxy) is 7. The summed E-state index contributed by atoms with van der Waals surface area (Å²) >= 11 is 0. The molecule has 0 aliphatic carbocycles. The van der Waals surface area contributed by atoms with Crippen LogP contribution < -0.4 is 14.2 Å². The highest BCUT2D eigenvalue weighted by atomic mass is 16.7. The summed E-state index contributed by atoms with van der Waals surface area (Å²) in [6.07, 6.45) is 8.87. The Hall–Kier alpha value is -13.9. The van der Waals surface area contributed by atoms with Gasteiger partial charge in [-0.3, -0.25) is 4.79 Å². The number of nitriles is 6. The highest BCUT2D eigenvalue weighted by Crippen LogP contribution is 2.44. The van der Waals surface area contributed by atoms with E-state index in [0.717, 1.165) is 79.4 Å². The van der Waals surface area contributed by atoms with Crippen LogP contribution in [-0.4, -0.2) is 97.0 Å². The van der Waals surface area contributed by atoms with Gasteiger partial charge in [0.05, 0.1) is 98.2 Å². The number of hydrogen-bond acceptors (Lipinski definition) is 21. The van der Waals surface area contributed by atoms with Gasteiger partial charge in [-0.25, -0.2) is 9.59 Å². The molecule has 0 saturated heterocycles. The van der Waals surface area contributed by atoms with E-state index < -0.39 is 17.4 Å². The molecule has 10 rings (SSSR count). The van der Waals surface area contributed by atoms with E-state index in [0.29, 0.717) is 72.7 Å². The largest absolute Gasteiger partial charge is 0.508 e. The van der Waals surface area contributed by atoms with Crippen molar-refractivity contribution in [3.05, 3.63) is 315 Å². The number of hydrogen-bond donors (Lipinski definition) is 5. The number of carbonyl (C=O) groups excluding carboxylic acids is 3. The molecular formula is C120H146N6O15. The Kier molecular flexibility index (Phi) is 50.5. The topological polar surface area (TPSA) is 360 Å². The summed E-state index contributed by atoms with van der Waals surface area (Å²) in [5.41, 5.74) is 13.9. The quantitative estimate of drug-likeness (QED) is 0.0134. The maximum Gasteiger partial charge on any atom is 0.343 e. The number of phenols is 4. The predicted octanol–water partition coefficient (Wildman–Crippen LogP) is 26.9. The molecule has 0 heterocycles. The van der Waals surface area contributed by atoms with Crippen LogP contribution in [0.5, 0.6) is 40.2 Å². The SMILES string of the molecule is CCC(CC(CC(C)c1ccc(OCC(=O)OC)cc1)c1ccc(O)cc1)c1ccccc1.CCOC(C)Oc1ccc(C(C)CC(CC(C#N)C(C)C#N)c2ccc(O)cc2)cc1.COC(=O)COc1ccc(C(C)CC(CC(C#N)C(C)C#N)c2ccc(O)cc2)cc1.Cc1ccc(C(C)CC(CC(C#N)C(C)C#N)c2ccc(O)cc2)cc1.Cc1ccc(C(C)CCC(C)(C)C(=O)OCCO)cc1. The third kappa shape index (κ3) is 40.4. The first-order valence-electron chi connectivity index (χ1n) is 49.0. The zero-order valence-electron chi connectivity index (χ0n) is 85.3. The lowest BCUT2D eigenvalue weighted by Gasteiger charge is -2.26. The summed E-state index contributed by atoms with van der Waals surface area (Å²) in [6.45, 7) is 30.6. The molecule has 17 atom stereocenters. The molecule has 0 fully saturated rings. The molecule has 0 radical (unpaired) electrons. The number of methoxy groups -OCH3 is 2. The average molecular weight is 1910 g/mol. The minimum absolute atomic E-state index is 0.0614. The van der Waals surface area contributed by atoms with Gasteiger partial charge in [0.15, 0.2) is 19.5 Å². The molecule has 0 saturated carbocycles. The molecule has 21 nitrogen and oxygen atoms in total. The zero-order valence-corrected chi connectivity index (χ0v) is 85.3. The van der Waals surface area contributed by atoms with Crippen molar-refractivity contribution in [2.24, 2.45) is 40.9 Å². The van der Waals surface area contributed by atoms with Crippen molar-refractivity contribution >= 4 is 17.9 Å². The third-order valence-corrected chi connectivity index (χ3v) is 26.5. The maximum atomic E-state index is 11.9. The van der Waals surface area contributed by atoms with Crippen molar-refractivity contribution in [2.75, 3.05) is 47.3 Å². The Labute approximate surface area is 837 Å². The van der Waals surface area contributed by atoms with Crippen LogP contribution in [0.3, 0.4) is 0 Å². The Morgan fingerprint density at radius 3 is 0.915 bits per heavy atom. The highest BCUT2D eigenvalue weighted by Gasteiger charge is 2.32. The molecule has 17 unspecified atom stereocenters. The van der Waals surface area contributed by atoms with Gasteiger partial charge < -0.3 is 58.7 Å². The van der Waals surface area contributed by atoms with Crippen molar-refractivity contribution in [2.45, 2.75) is 240 Å². The first-order chi connectivity index (χ1) is 67.5. The summed E-state index contributed by atoms with van der Waals surface area (Å²) in [7, 11) is 2.66. The number of aryl methyl sites for hydroxylation is 2. The number of benzene rings is 10. The molecular weight excluding hydrogens is 1770 g/mol. The first kappa shape index (κ1) is 116. The maximum absolute atomic E-state index is 11.9. The van der Waals surface area contributed by atoms with Crippen LogP contribution in [0, 0.1) is 123 Å². The second-order valence-corrected chi connectivity index (χ2v) is 37.7. The molecule has 5 N–H and O–H groups in total. The molecule has 746 valence electrons. The number of aromatic hydroxyl groups is 4. The van der Waals surface area contributed by atoms with E-state index >= 15 is 0 Å². The summed E-state index contributed by atoms with van der Waals surface area (Å²) in [6, 6.07) is 94.0. The van der Waals surface area contributed by atoms with E-state index in [1.165, 1.54) is 58.7 Å². The smallest absolute Gasteiger partial charge is 0.343 e. The zero-order chi connectivity index (χ0) is 104. The van der Waals surface area contributed by atoms with E-state index in [1.807, 2.05) is 132 Å². The van der Waals surface area contributed by atoms with Gasteiger partial charge in [-0.05, 0) is 333 Å². The van der Waals surface area contributed by atoms with Gasteiger partial charge in [-0.15, -0.1) is 0 Å². The minimum atomic E-state index is -0.506. The Bertz CT molecular complexity index is 5590. The van der Waals surface area contributed by atoms with Crippen LogP contribution in [0.4, 0.5) is 0 Å². The summed E-state index contributed by atoms with van der Waals surface area (Å²) < 4.78 is 36.2. The average Bonchev–Trinajstić information content (AvgIpc) is 0.855. The van der Waals surface area contributed by atoms with E-state index in [2.05, 4.69) is 204 Å². The standard InChI is InChI=1S/C29H34O4.C26H32N2O3.C25H28N2O4.C23H26N2O.C17H26O3/c1-4-22(24-8-6-5-7-9-24)19-26(25-10-14-27(30)15-11-25)18-21(2)23-12-16-28(17-13-23)33-20-29(31)32-3;1-5-30-20(4)31-26-12-8-21(9-13-26)18(2)14-23(15-24(17-28)19(3)16-27)22-6-10-25(29)11-7-22;1-17(19-6-10-24(11-7-19)31-16-25(29)30-3)12-21(13-22(15-27)18(2)14-26)20-4-8-23(28)9-5-20;1-16-4-6-19(7-5-16)17(2)12-21(13-22(15-25)18(3)14-24)20-8-10-23(26)11-9-20;1-13-5-7-15(8-6-13)14(2)9-10-17(3,4)16(19)20-12-11-18/h5-17,21-22,26,30H,4,18-20H2,1-3H3;6-13,18-20,23-24,29H,5,14-15H2,1-4H3;4-11,17-18,21-22,28H,12-13,16H2,1-3H3;4-11,17-18,21-22,26H,12-13H2,1-3H3;5-8,14,18H,9-12H2,1-4H3. The lowest BCUT2D eigenvalue weighted by molar-refractivity contribution is -0.155. The predicted molar refractivity (Wildman–Crippen MR) is 553 cm³/mol. The van der Waals surface area contributed by atoms with Crippen molar-refractivity contribution in [1.82, 2.24) is 0 Å². The summed E-state index contributed by atoms with van der Waals surface area (Å²) in [5, 5.41) is 104. The number of nitrogens with zero attached hydrogens (tertiary/aromatic N) is 6. The summed E-state index contributed by atoms with van der Waals surface area (Å²) in [5.74, 6) is 2.58. The fourth-order valence-corrected chi connectivity index (χ4v) is 17.1. The molecule has 0 amide bonds. The van der Waals surface area contributed by atoms with Crippen LogP contribution in [0.1, 0.15) is 287 Å². The molecule has 0 bridgehead atoms. The molecule has 10 aromatic carbocycles. The number of carbonyl (C=O) groups is 3. The first-order valence-corrected chi connectivity index (χ1v) is 49.0. The van der Waals surface area contributed by atoms with E-state index in [4.69, 9.17) is 28.8 Å². The number of aliphatic hydroxyl groups is 1. The fraction of sp³-hybridized carbons (Fsp3) is 0.425. The van der Waals surface area contributed by atoms with Crippen molar-refractivity contribution in [1.29, 1.82) is 31.6 Å². The number of rotatable bonds is 46. The third-order valence-electron chi connectivity index (χ3n) is 26.5. The van der Waals surface area contributed by atoms with Crippen LogP contribution in [-0.2, 0) is 33.3 Å².